The van der Waals surface area contributed by atoms with E-state index >= 15 is 0 Å². The second kappa shape index (κ2) is 2.91. The molecule has 1 aliphatic rings. The van der Waals surface area contributed by atoms with Crippen molar-refractivity contribution in [2.45, 2.75) is 25.9 Å². The Morgan fingerprint density at radius 2 is 2.25 bits per heavy atom. The number of hydrogen-bond acceptors (Lipinski definition) is 1. The minimum Gasteiger partial charge on any atom is -0.377 e. The van der Waals surface area contributed by atoms with Crippen molar-refractivity contribution in [2.24, 2.45) is 0 Å². The minimum absolute atomic E-state index is 0.347. The van der Waals surface area contributed by atoms with Gasteiger partial charge < -0.3 is 4.74 Å². The molecule has 2 rings (SSSR count). The molecule has 1 aliphatic carbocycles. The van der Waals surface area contributed by atoms with Crippen LogP contribution in [0.3, 0.4) is 0 Å². The summed E-state index contributed by atoms with van der Waals surface area (Å²) >= 11 is 0. The van der Waals surface area contributed by atoms with Crippen LogP contribution in [0.4, 0.5) is 0 Å². The molecule has 1 aromatic rings. The molecule has 0 bridgehead atoms. The Balaban J connectivity index is 2.46. The Hall–Kier alpha value is -0.820. The van der Waals surface area contributed by atoms with E-state index in [-0.39, 0.29) is 0 Å². The summed E-state index contributed by atoms with van der Waals surface area (Å²) in [5.74, 6) is 0. The van der Waals surface area contributed by atoms with E-state index in [2.05, 4.69) is 25.1 Å². The van der Waals surface area contributed by atoms with Gasteiger partial charge in [0.1, 0.15) is 0 Å². The fraction of sp³-hybridized carbons (Fsp3) is 0.455. The molecule has 0 radical (unpaired) electrons. The van der Waals surface area contributed by atoms with Crippen LogP contribution in [0.25, 0.3) is 0 Å². The van der Waals surface area contributed by atoms with Gasteiger partial charge >= 0.3 is 0 Å². The van der Waals surface area contributed by atoms with Gasteiger partial charge in [-0.2, -0.15) is 0 Å². The maximum absolute atomic E-state index is 5.39. The number of methoxy groups -OCH3 is 1. The van der Waals surface area contributed by atoms with Crippen LogP contribution in [0.2, 0.25) is 0 Å². The van der Waals surface area contributed by atoms with E-state index in [0.717, 1.165) is 6.42 Å². The molecule has 0 saturated carbocycles. The van der Waals surface area contributed by atoms with Crippen molar-refractivity contribution in [1.29, 1.82) is 0 Å². The van der Waals surface area contributed by atoms with Gasteiger partial charge in [-0.3, -0.25) is 0 Å². The fourth-order valence-electron chi connectivity index (χ4n) is 2.04. The van der Waals surface area contributed by atoms with Crippen molar-refractivity contribution in [2.75, 3.05) is 7.11 Å². The lowest BCUT2D eigenvalue weighted by molar-refractivity contribution is 0.105. The monoisotopic (exact) mass is 162 g/mol. The third kappa shape index (κ3) is 1.05. The van der Waals surface area contributed by atoms with Crippen molar-refractivity contribution >= 4 is 0 Å². The fourth-order valence-corrected chi connectivity index (χ4v) is 2.04. The lowest BCUT2D eigenvalue weighted by Gasteiger charge is -2.09. The highest BCUT2D eigenvalue weighted by Gasteiger charge is 2.22. The molecule has 64 valence electrons. The molecular weight excluding hydrogens is 148 g/mol. The van der Waals surface area contributed by atoms with Gasteiger partial charge in [0.15, 0.2) is 0 Å². The van der Waals surface area contributed by atoms with Crippen molar-refractivity contribution in [3.05, 3.63) is 34.9 Å². The summed E-state index contributed by atoms with van der Waals surface area (Å²) in [5, 5.41) is 0. The molecule has 1 unspecified atom stereocenters. The minimum atomic E-state index is 0.347. The molecule has 0 spiro atoms. The molecule has 0 fully saturated rings. The summed E-state index contributed by atoms with van der Waals surface area (Å²) in [5.41, 5.74) is 4.31. The molecule has 0 heterocycles. The first-order chi connectivity index (χ1) is 5.83. The zero-order valence-electron chi connectivity index (χ0n) is 7.63. The number of aryl methyl sites for hydroxylation is 1. The summed E-state index contributed by atoms with van der Waals surface area (Å²) in [4.78, 5) is 0. The molecule has 0 aromatic heterocycles. The quantitative estimate of drug-likeness (QED) is 0.616. The zero-order chi connectivity index (χ0) is 8.55. The molecule has 0 amide bonds. The Labute approximate surface area is 73.4 Å². The standard InChI is InChI=1S/C11H14O/c1-8-4-3-5-10-9(8)6-7-11(10)12-2/h3-5,11H,6-7H2,1-2H3. The highest BCUT2D eigenvalue weighted by Crippen LogP contribution is 2.34. The lowest BCUT2D eigenvalue weighted by Crippen LogP contribution is -1.95. The summed E-state index contributed by atoms with van der Waals surface area (Å²) in [6, 6.07) is 6.48. The highest BCUT2D eigenvalue weighted by atomic mass is 16.5. The predicted octanol–water partition coefficient (Wildman–Crippen LogP) is 2.63. The third-order valence-electron chi connectivity index (χ3n) is 2.73. The summed E-state index contributed by atoms with van der Waals surface area (Å²) in [6.45, 7) is 2.18. The van der Waals surface area contributed by atoms with E-state index in [1.165, 1.54) is 23.1 Å². The second-order valence-electron chi connectivity index (χ2n) is 3.41. The summed E-state index contributed by atoms with van der Waals surface area (Å²) < 4.78 is 5.39. The Morgan fingerprint density at radius 3 is 3.00 bits per heavy atom. The van der Waals surface area contributed by atoms with E-state index in [1.54, 1.807) is 7.11 Å². The maximum Gasteiger partial charge on any atom is 0.0827 e. The van der Waals surface area contributed by atoms with Gasteiger partial charge in [-0.1, -0.05) is 18.2 Å². The largest absolute Gasteiger partial charge is 0.377 e. The van der Waals surface area contributed by atoms with Crippen molar-refractivity contribution < 1.29 is 4.74 Å². The number of fused-ring (bicyclic) bond motifs is 1. The lowest BCUT2D eigenvalue weighted by atomic mass is 10.0. The molecule has 0 N–H and O–H groups in total. The van der Waals surface area contributed by atoms with Crippen LogP contribution in [0.5, 0.6) is 0 Å². The number of hydrogen-bond donors (Lipinski definition) is 0. The molecule has 1 heteroatoms. The molecule has 0 aliphatic heterocycles. The van der Waals surface area contributed by atoms with E-state index in [4.69, 9.17) is 4.74 Å². The molecule has 1 nitrogen and oxygen atoms in total. The number of rotatable bonds is 1. The van der Waals surface area contributed by atoms with Crippen LogP contribution >= 0.6 is 0 Å². The average molecular weight is 162 g/mol. The van der Waals surface area contributed by atoms with Gasteiger partial charge in [0.05, 0.1) is 6.10 Å². The van der Waals surface area contributed by atoms with Crippen molar-refractivity contribution in [3.63, 3.8) is 0 Å². The van der Waals surface area contributed by atoms with E-state index in [9.17, 15) is 0 Å². The van der Waals surface area contributed by atoms with Gasteiger partial charge in [0.25, 0.3) is 0 Å². The van der Waals surface area contributed by atoms with Gasteiger partial charge in [0.2, 0.25) is 0 Å². The van der Waals surface area contributed by atoms with Crippen LogP contribution in [0.15, 0.2) is 18.2 Å². The van der Waals surface area contributed by atoms with Crippen LogP contribution in [-0.4, -0.2) is 7.11 Å². The topological polar surface area (TPSA) is 9.23 Å². The first-order valence-electron chi connectivity index (χ1n) is 4.44. The predicted molar refractivity (Wildman–Crippen MR) is 49.3 cm³/mol. The summed E-state index contributed by atoms with van der Waals surface area (Å²) in [7, 11) is 1.79. The molecule has 12 heavy (non-hydrogen) atoms. The van der Waals surface area contributed by atoms with Crippen LogP contribution in [0.1, 0.15) is 29.2 Å². The SMILES string of the molecule is COC1CCc2c(C)cccc21. The van der Waals surface area contributed by atoms with Gasteiger partial charge in [0, 0.05) is 7.11 Å². The Morgan fingerprint density at radius 1 is 1.42 bits per heavy atom. The van der Waals surface area contributed by atoms with Gasteiger partial charge in [-0.05, 0) is 36.5 Å². The Bertz CT molecular complexity index is 291. The van der Waals surface area contributed by atoms with Crippen molar-refractivity contribution in [3.8, 4) is 0 Å². The van der Waals surface area contributed by atoms with Crippen LogP contribution in [0, 0.1) is 6.92 Å². The van der Waals surface area contributed by atoms with E-state index in [1.807, 2.05) is 0 Å². The van der Waals surface area contributed by atoms with Crippen LogP contribution in [-0.2, 0) is 11.2 Å². The maximum atomic E-state index is 5.39. The molecular formula is C11H14O. The number of benzene rings is 1. The van der Waals surface area contributed by atoms with E-state index < -0.39 is 0 Å². The van der Waals surface area contributed by atoms with Gasteiger partial charge in [-0.25, -0.2) is 0 Å². The molecule has 1 aromatic carbocycles. The summed E-state index contributed by atoms with van der Waals surface area (Å²) in [6.07, 6.45) is 2.68. The van der Waals surface area contributed by atoms with Crippen LogP contribution < -0.4 is 0 Å². The normalized spacial score (nSPS) is 21.0. The molecule has 0 saturated heterocycles. The smallest absolute Gasteiger partial charge is 0.0827 e. The zero-order valence-corrected chi connectivity index (χ0v) is 7.63. The first-order valence-corrected chi connectivity index (χ1v) is 4.44. The molecule has 1 atom stereocenters. The number of ether oxygens (including phenoxy) is 1. The average Bonchev–Trinajstić information content (AvgIpc) is 2.49. The Kier molecular flexibility index (Phi) is 1.89. The van der Waals surface area contributed by atoms with Gasteiger partial charge in [-0.15, -0.1) is 0 Å². The van der Waals surface area contributed by atoms with E-state index in [0.29, 0.717) is 6.10 Å². The first kappa shape index (κ1) is 7.81. The van der Waals surface area contributed by atoms with Crippen molar-refractivity contribution in [1.82, 2.24) is 0 Å². The third-order valence-corrected chi connectivity index (χ3v) is 2.73. The highest BCUT2D eigenvalue weighted by molar-refractivity contribution is 5.39. The second-order valence-corrected chi connectivity index (χ2v) is 3.41.